The van der Waals surface area contributed by atoms with Crippen LogP contribution in [0, 0.1) is 6.92 Å². The number of allylic oxidation sites excluding steroid dienone is 1. The molecule has 0 atom stereocenters. The average molecular weight is 450 g/mol. The van der Waals surface area contributed by atoms with Crippen molar-refractivity contribution in [3.05, 3.63) is 51.6 Å². The monoisotopic (exact) mass is 449 g/mol. The first-order chi connectivity index (χ1) is 14.1. The van der Waals surface area contributed by atoms with Crippen LogP contribution in [-0.4, -0.2) is 22.5 Å². The lowest BCUT2D eigenvalue weighted by Crippen LogP contribution is -2.46. The van der Waals surface area contributed by atoms with Crippen LogP contribution in [0.2, 0.25) is 26.2 Å². The molecule has 164 valence electrons. The Bertz CT molecular complexity index is 1170. The molecule has 2 aliphatic rings. The maximum Gasteiger partial charge on any atom is 0.248 e. The quantitative estimate of drug-likeness (QED) is 0.665. The first kappa shape index (κ1) is 22.2. The molecule has 31 heavy (non-hydrogen) atoms. The van der Waals surface area contributed by atoms with Gasteiger partial charge in [0.25, 0.3) is 0 Å². The lowest BCUT2D eigenvalue weighted by molar-refractivity contribution is 0.1000. The zero-order valence-electron chi connectivity index (χ0n) is 20.4. The fourth-order valence-corrected chi connectivity index (χ4v) is 16.1. The van der Waals surface area contributed by atoms with Crippen LogP contribution in [0.25, 0.3) is 17.2 Å². The van der Waals surface area contributed by atoms with Crippen molar-refractivity contribution in [1.82, 2.24) is 0 Å². The summed E-state index contributed by atoms with van der Waals surface area (Å²) in [5.41, 5.74) is 15.4. The van der Waals surface area contributed by atoms with E-state index in [1.807, 2.05) is 0 Å². The van der Waals surface area contributed by atoms with Crippen molar-refractivity contribution in [2.24, 2.45) is 5.73 Å². The molecule has 1 aliphatic carbocycles. The molecule has 0 unspecified atom stereocenters. The molecule has 5 heteroatoms. The van der Waals surface area contributed by atoms with E-state index in [9.17, 15) is 4.79 Å². The zero-order valence-corrected chi connectivity index (χ0v) is 22.4. The highest BCUT2D eigenvalue weighted by molar-refractivity contribution is 7.06. The van der Waals surface area contributed by atoms with Gasteiger partial charge in [0.05, 0.1) is 0 Å². The summed E-state index contributed by atoms with van der Waals surface area (Å²) in [5.74, 6) is -0.351. The van der Waals surface area contributed by atoms with E-state index in [0.29, 0.717) is 5.56 Å². The van der Waals surface area contributed by atoms with Crippen LogP contribution in [0.15, 0.2) is 23.8 Å². The lowest BCUT2D eigenvalue weighted by atomic mass is 9.81. The lowest BCUT2D eigenvalue weighted by Gasteiger charge is -2.27. The van der Waals surface area contributed by atoms with Gasteiger partial charge in [-0.3, -0.25) is 4.79 Å². The Labute approximate surface area is 189 Å². The van der Waals surface area contributed by atoms with Crippen molar-refractivity contribution in [3.8, 4) is 11.1 Å². The molecule has 1 amide bonds. The summed E-state index contributed by atoms with van der Waals surface area (Å²) in [6.07, 6.45) is 3.27. The Morgan fingerprint density at radius 2 is 1.68 bits per heavy atom. The molecule has 1 heterocycles. The third kappa shape index (κ3) is 3.47. The van der Waals surface area contributed by atoms with Gasteiger partial charge >= 0.3 is 0 Å². The smallest absolute Gasteiger partial charge is 0.248 e. The van der Waals surface area contributed by atoms with Crippen molar-refractivity contribution in [1.29, 1.82) is 0 Å². The number of primary amides is 1. The SMILES string of the molecule is CC1=Cc2cc(C(C)(C)C)cc(-c3c(C)c(C(N)=O)cc4c3[Si](C)(C)O[Si]4(C)C)c2C1. The summed E-state index contributed by atoms with van der Waals surface area (Å²) in [5, 5.41) is 2.64. The predicted octanol–water partition coefficient (Wildman–Crippen LogP) is 4.87. The van der Waals surface area contributed by atoms with Crippen LogP contribution in [0.5, 0.6) is 0 Å². The van der Waals surface area contributed by atoms with Crippen molar-refractivity contribution < 1.29 is 8.91 Å². The highest BCUT2D eigenvalue weighted by Gasteiger charge is 2.49. The first-order valence-electron chi connectivity index (χ1n) is 11.2. The molecule has 1 aliphatic heterocycles. The zero-order chi connectivity index (χ0) is 23.1. The molecule has 2 aromatic carbocycles. The predicted molar refractivity (Wildman–Crippen MR) is 137 cm³/mol. The van der Waals surface area contributed by atoms with E-state index in [-0.39, 0.29) is 11.3 Å². The number of rotatable bonds is 2. The largest absolute Gasteiger partial charge is 0.449 e. The fourth-order valence-electron chi connectivity index (χ4n) is 5.49. The summed E-state index contributed by atoms with van der Waals surface area (Å²) in [4.78, 5) is 12.5. The number of benzene rings is 2. The molecule has 0 fully saturated rings. The standard InChI is InChI=1S/C26H35NO2Si2/c1-15-10-17-12-18(26(3,4)5)13-21(20(17)11-15)23-16(2)19(25(27)28)14-22-24(23)31(8,9)29-30(22,6)7/h10,12-14H,11H2,1-9H3,(H2,27,28). The third-order valence-electron chi connectivity index (χ3n) is 6.89. The number of carbonyl (C=O) groups excluding carboxylic acids is 1. The summed E-state index contributed by atoms with van der Waals surface area (Å²) >= 11 is 0. The molecule has 0 saturated carbocycles. The van der Waals surface area contributed by atoms with Gasteiger partial charge in [-0.25, -0.2) is 0 Å². The van der Waals surface area contributed by atoms with Gasteiger partial charge < -0.3 is 9.85 Å². The second-order valence-corrected chi connectivity index (χ2v) is 19.2. The molecule has 3 nitrogen and oxygen atoms in total. The second kappa shape index (κ2) is 6.77. The van der Waals surface area contributed by atoms with Gasteiger partial charge in [0.2, 0.25) is 22.5 Å². The van der Waals surface area contributed by atoms with Gasteiger partial charge in [0.15, 0.2) is 0 Å². The minimum absolute atomic E-state index is 0.0317. The molecule has 0 bridgehead atoms. The maximum absolute atomic E-state index is 12.5. The topological polar surface area (TPSA) is 52.3 Å². The summed E-state index contributed by atoms with van der Waals surface area (Å²) in [6, 6.07) is 6.78. The Morgan fingerprint density at radius 1 is 1.03 bits per heavy atom. The number of nitrogens with two attached hydrogens (primary N) is 1. The van der Waals surface area contributed by atoms with E-state index in [1.165, 1.54) is 43.8 Å². The van der Waals surface area contributed by atoms with Crippen molar-refractivity contribution in [3.63, 3.8) is 0 Å². The van der Waals surface area contributed by atoms with Crippen LogP contribution >= 0.6 is 0 Å². The minimum Gasteiger partial charge on any atom is -0.449 e. The van der Waals surface area contributed by atoms with E-state index in [0.717, 1.165) is 12.0 Å². The number of carbonyl (C=O) groups is 1. The van der Waals surface area contributed by atoms with Gasteiger partial charge in [0.1, 0.15) is 0 Å². The molecule has 4 rings (SSSR count). The van der Waals surface area contributed by atoms with Crippen LogP contribution < -0.4 is 16.1 Å². The van der Waals surface area contributed by atoms with E-state index in [4.69, 9.17) is 9.85 Å². The van der Waals surface area contributed by atoms with Crippen LogP contribution in [0.3, 0.4) is 0 Å². The van der Waals surface area contributed by atoms with Gasteiger partial charge in [-0.1, -0.05) is 44.6 Å². The Hall–Kier alpha value is -1.96. The van der Waals surface area contributed by atoms with E-state index in [1.54, 1.807) is 0 Å². The minimum atomic E-state index is -2.13. The molecule has 0 radical (unpaired) electrons. The van der Waals surface area contributed by atoms with Gasteiger partial charge in [0, 0.05) is 5.56 Å². The number of amides is 1. The van der Waals surface area contributed by atoms with Crippen LogP contribution in [0.1, 0.15) is 60.3 Å². The highest BCUT2D eigenvalue weighted by Crippen LogP contribution is 2.41. The molecular formula is C26H35NO2Si2. The number of hydrogen-bond donors (Lipinski definition) is 1. The van der Waals surface area contributed by atoms with E-state index in [2.05, 4.69) is 85.1 Å². The number of fused-ring (bicyclic) bond motifs is 2. The molecular weight excluding hydrogens is 414 g/mol. The molecule has 0 spiro atoms. The van der Waals surface area contributed by atoms with E-state index < -0.39 is 16.6 Å². The Kier molecular flexibility index (Phi) is 4.86. The summed E-state index contributed by atoms with van der Waals surface area (Å²) in [7, 11) is -4.24. The van der Waals surface area contributed by atoms with E-state index >= 15 is 0 Å². The number of hydrogen-bond acceptors (Lipinski definition) is 2. The van der Waals surface area contributed by atoms with Crippen molar-refractivity contribution >= 4 is 39.0 Å². The van der Waals surface area contributed by atoms with Crippen molar-refractivity contribution in [2.45, 2.75) is 72.6 Å². The molecule has 2 aromatic rings. The maximum atomic E-state index is 12.5. The fraction of sp³-hybridized carbons (Fsp3) is 0.423. The van der Waals surface area contributed by atoms with Gasteiger partial charge in [-0.2, -0.15) is 0 Å². The third-order valence-corrected chi connectivity index (χ3v) is 14.6. The van der Waals surface area contributed by atoms with Gasteiger partial charge in [-0.05, 0) is 102 Å². The Morgan fingerprint density at radius 3 is 2.26 bits per heavy atom. The van der Waals surface area contributed by atoms with Gasteiger partial charge in [-0.15, -0.1) is 0 Å². The summed E-state index contributed by atoms with van der Waals surface area (Å²) < 4.78 is 6.81. The highest BCUT2D eigenvalue weighted by atomic mass is 28.4. The van der Waals surface area contributed by atoms with Crippen LogP contribution in [0.4, 0.5) is 0 Å². The van der Waals surface area contributed by atoms with Crippen molar-refractivity contribution in [2.75, 3.05) is 0 Å². The average Bonchev–Trinajstić information content (AvgIpc) is 3.06. The normalized spacial score (nSPS) is 18.5. The second-order valence-electron chi connectivity index (χ2n) is 11.3. The molecule has 2 N–H and O–H groups in total. The summed E-state index contributed by atoms with van der Waals surface area (Å²) in [6.45, 7) is 20.2. The molecule has 0 saturated heterocycles. The molecule has 0 aromatic heterocycles. The van der Waals surface area contributed by atoms with Crippen LogP contribution in [-0.2, 0) is 16.0 Å². The first-order valence-corrected chi connectivity index (χ1v) is 17.0. The Balaban J connectivity index is 2.17.